The van der Waals surface area contributed by atoms with Gasteiger partial charge in [-0.3, -0.25) is 8.97 Å². The third-order valence-electron chi connectivity index (χ3n) is 11.6. The summed E-state index contributed by atoms with van der Waals surface area (Å²) >= 11 is 0. The van der Waals surface area contributed by atoms with Crippen molar-refractivity contribution in [2.75, 3.05) is 0 Å². The van der Waals surface area contributed by atoms with E-state index in [0.29, 0.717) is 5.82 Å². The zero-order chi connectivity index (χ0) is 38.9. The lowest BCUT2D eigenvalue weighted by Gasteiger charge is -2.13. The normalized spacial score (nSPS) is 11.7. The van der Waals surface area contributed by atoms with Crippen molar-refractivity contribution in [1.82, 2.24) is 23.5 Å². The first kappa shape index (κ1) is 33.2. The van der Waals surface area contributed by atoms with Gasteiger partial charge in [0.05, 0.1) is 39.0 Å². The first-order valence-electron chi connectivity index (χ1n) is 20.0. The maximum Gasteiger partial charge on any atom is 0.160 e. The molecule has 12 rings (SSSR count). The second kappa shape index (κ2) is 13.3. The Kier molecular flexibility index (Phi) is 7.47. The average Bonchev–Trinajstić information content (AvgIpc) is 3.95. The van der Waals surface area contributed by atoms with Gasteiger partial charge in [0.1, 0.15) is 5.65 Å². The Morgan fingerprint density at radius 2 is 0.763 bits per heavy atom. The maximum atomic E-state index is 5.27. The summed E-state index contributed by atoms with van der Waals surface area (Å²) in [6, 6.07) is 75.4. The number of benzene rings is 8. The summed E-state index contributed by atoms with van der Waals surface area (Å²) in [6.45, 7) is 0. The summed E-state index contributed by atoms with van der Waals surface area (Å²) in [5, 5.41) is 3.70. The fraction of sp³-hybridized carbons (Fsp3) is 0. The summed E-state index contributed by atoms with van der Waals surface area (Å²) in [5.74, 6) is 0.684. The minimum atomic E-state index is 0.684. The van der Waals surface area contributed by atoms with Crippen LogP contribution in [-0.4, -0.2) is 23.5 Å². The van der Waals surface area contributed by atoms with Gasteiger partial charge < -0.3 is 4.57 Å². The fourth-order valence-corrected chi connectivity index (χ4v) is 9.06. The molecule has 0 bridgehead atoms. The number of para-hydroxylation sites is 5. The van der Waals surface area contributed by atoms with E-state index in [4.69, 9.17) is 9.97 Å². The minimum absolute atomic E-state index is 0.684. The summed E-state index contributed by atoms with van der Waals surface area (Å²) in [6.07, 6.45) is 0. The molecule has 0 atom stereocenters. The molecule has 0 amide bonds. The molecule has 59 heavy (non-hydrogen) atoms. The molecule has 0 saturated carbocycles. The van der Waals surface area contributed by atoms with E-state index in [9.17, 15) is 0 Å². The molecule has 0 aliphatic carbocycles. The van der Waals surface area contributed by atoms with Crippen LogP contribution in [0.5, 0.6) is 0 Å². The van der Waals surface area contributed by atoms with E-state index in [1.54, 1.807) is 0 Å². The standard InChI is InChI=1S/C54H35N5/c1-3-17-36(18-4-1)52-44-27-9-12-30-49(44)59-51-32-14-13-31-50(51)58(54(52)59)41-24-16-22-39(34-41)46-35-45(55-53(56-46)37-19-5-2-6-20-37)38-21-15-23-40(33-38)57-47-28-10-7-25-42(47)43-26-8-11-29-48(43)57/h1-35H. The molecule has 0 saturated heterocycles. The van der Waals surface area contributed by atoms with Crippen LogP contribution in [0.4, 0.5) is 0 Å². The van der Waals surface area contributed by atoms with E-state index in [0.717, 1.165) is 56.1 Å². The summed E-state index contributed by atoms with van der Waals surface area (Å²) < 4.78 is 7.19. The summed E-state index contributed by atoms with van der Waals surface area (Å²) in [7, 11) is 0. The van der Waals surface area contributed by atoms with Gasteiger partial charge in [-0.25, -0.2) is 9.97 Å². The molecular weight excluding hydrogens is 719 g/mol. The zero-order valence-corrected chi connectivity index (χ0v) is 31.9. The number of rotatable bonds is 6. The van der Waals surface area contributed by atoms with Crippen molar-refractivity contribution >= 4 is 49.4 Å². The van der Waals surface area contributed by atoms with Crippen LogP contribution < -0.4 is 0 Å². The Bertz CT molecular complexity index is 3500. The number of hydrogen-bond acceptors (Lipinski definition) is 2. The minimum Gasteiger partial charge on any atom is -0.309 e. The Balaban J connectivity index is 1.07. The van der Waals surface area contributed by atoms with Gasteiger partial charge in [-0.15, -0.1) is 0 Å². The van der Waals surface area contributed by atoms with Crippen molar-refractivity contribution in [3.8, 4) is 56.4 Å². The molecule has 0 N–H and O–H groups in total. The summed E-state index contributed by atoms with van der Waals surface area (Å²) in [5.41, 5.74) is 16.2. The molecule has 0 unspecified atom stereocenters. The highest BCUT2D eigenvalue weighted by atomic mass is 15.1. The van der Waals surface area contributed by atoms with Crippen LogP contribution in [-0.2, 0) is 0 Å². The van der Waals surface area contributed by atoms with E-state index in [1.165, 1.54) is 43.8 Å². The second-order valence-corrected chi connectivity index (χ2v) is 15.0. The molecule has 4 heterocycles. The van der Waals surface area contributed by atoms with Crippen molar-refractivity contribution in [3.63, 3.8) is 0 Å². The monoisotopic (exact) mass is 753 g/mol. The SMILES string of the molecule is c1ccc(-c2nc(-c3cccc(-n4c5ccccc5c5ccccc54)c3)cc(-c3cccc(-n4c5ccccc5n5c6ccccc6c(-c6ccccc6)c45)c3)n2)cc1. The van der Waals surface area contributed by atoms with Gasteiger partial charge in [0.15, 0.2) is 5.82 Å². The number of imidazole rings is 1. The molecule has 5 nitrogen and oxygen atoms in total. The van der Waals surface area contributed by atoms with Crippen molar-refractivity contribution in [3.05, 3.63) is 212 Å². The number of hydrogen-bond donors (Lipinski definition) is 0. The Labute approximate surface area is 340 Å². The van der Waals surface area contributed by atoms with E-state index in [2.05, 4.69) is 208 Å². The fourth-order valence-electron chi connectivity index (χ4n) is 9.06. The Morgan fingerprint density at radius 1 is 0.305 bits per heavy atom. The zero-order valence-electron chi connectivity index (χ0n) is 31.9. The van der Waals surface area contributed by atoms with E-state index < -0.39 is 0 Å². The molecular formula is C54H35N5. The van der Waals surface area contributed by atoms with Gasteiger partial charge >= 0.3 is 0 Å². The smallest absolute Gasteiger partial charge is 0.160 e. The van der Waals surface area contributed by atoms with E-state index in [1.807, 2.05) is 18.2 Å². The van der Waals surface area contributed by atoms with Crippen molar-refractivity contribution in [1.29, 1.82) is 0 Å². The lowest BCUT2D eigenvalue weighted by atomic mass is 10.0. The Morgan fingerprint density at radius 3 is 1.37 bits per heavy atom. The van der Waals surface area contributed by atoms with Crippen molar-refractivity contribution in [2.45, 2.75) is 0 Å². The predicted molar refractivity (Wildman–Crippen MR) is 243 cm³/mol. The van der Waals surface area contributed by atoms with Crippen LogP contribution in [0, 0.1) is 0 Å². The highest BCUT2D eigenvalue weighted by molar-refractivity contribution is 6.10. The highest BCUT2D eigenvalue weighted by Gasteiger charge is 2.23. The molecule has 0 aliphatic heterocycles. The van der Waals surface area contributed by atoms with Crippen LogP contribution in [0.25, 0.3) is 106 Å². The maximum absolute atomic E-state index is 5.27. The van der Waals surface area contributed by atoms with Gasteiger partial charge in [0, 0.05) is 49.8 Å². The molecule has 0 fully saturated rings. The Hall–Kier alpha value is -8.02. The molecule has 5 heteroatoms. The van der Waals surface area contributed by atoms with Gasteiger partial charge in [0.2, 0.25) is 0 Å². The van der Waals surface area contributed by atoms with Crippen LogP contribution in [0.2, 0.25) is 0 Å². The largest absolute Gasteiger partial charge is 0.309 e. The first-order valence-corrected chi connectivity index (χ1v) is 20.0. The van der Waals surface area contributed by atoms with Gasteiger partial charge in [-0.2, -0.15) is 0 Å². The lowest BCUT2D eigenvalue weighted by Crippen LogP contribution is -1.99. The van der Waals surface area contributed by atoms with Gasteiger partial charge in [-0.05, 0) is 66.2 Å². The topological polar surface area (TPSA) is 40.0 Å². The third kappa shape index (κ3) is 5.25. The molecule has 0 radical (unpaired) electrons. The first-order chi connectivity index (χ1) is 29.3. The van der Waals surface area contributed by atoms with Crippen LogP contribution >= 0.6 is 0 Å². The number of aromatic nitrogens is 5. The van der Waals surface area contributed by atoms with E-state index in [-0.39, 0.29) is 0 Å². The summed E-state index contributed by atoms with van der Waals surface area (Å²) in [4.78, 5) is 10.5. The predicted octanol–water partition coefficient (Wildman–Crippen LogP) is 13.6. The van der Waals surface area contributed by atoms with Gasteiger partial charge in [0.25, 0.3) is 0 Å². The third-order valence-corrected chi connectivity index (χ3v) is 11.6. The molecule has 4 aromatic heterocycles. The van der Waals surface area contributed by atoms with Crippen molar-refractivity contribution < 1.29 is 0 Å². The quantitative estimate of drug-likeness (QED) is 0.170. The number of fused-ring (bicyclic) bond motifs is 8. The van der Waals surface area contributed by atoms with Crippen LogP contribution in [0.3, 0.4) is 0 Å². The van der Waals surface area contributed by atoms with Crippen molar-refractivity contribution in [2.24, 2.45) is 0 Å². The molecule has 276 valence electrons. The molecule has 0 aliphatic rings. The molecule has 0 spiro atoms. The molecule has 8 aromatic carbocycles. The average molecular weight is 754 g/mol. The highest BCUT2D eigenvalue weighted by Crippen LogP contribution is 2.41. The van der Waals surface area contributed by atoms with Crippen LogP contribution in [0.1, 0.15) is 0 Å². The van der Waals surface area contributed by atoms with Crippen LogP contribution in [0.15, 0.2) is 212 Å². The van der Waals surface area contributed by atoms with E-state index >= 15 is 0 Å². The number of nitrogens with zero attached hydrogens (tertiary/aromatic N) is 5. The second-order valence-electron chi connectivity index (χ2n) is 15.0. The lowest BCUT2D eigenvalue weighted by molar-refractivity contribution is 1.14. The van der Waals surface area contributed by atoms with Gasteiger partial charge in [-0.1, -0.05) is 152 Å². The molecule has 12 aromatic rings.